The van der Waals surface area contributed by atoms with Gasteiger partial charge in [0.25, 0.3) is 0 Å². The molecule has 0 spiro atoms. The van der Waals surface area contributed by atoms with E-state index in [0.717, 1.165) is 6.07 Å². The van der Waals surface area contributed by atoms with E-state index in [-0.39, 0.29) is 5.56 Å². The van der Waals surface area contributed by atoms with Crippen molar-refractivity contribution in [3.63, 3.8) is 0 Å². The molecular formula is C11H12F4O3. The topological polar surface area (TPSA) is 38.7 Å². The molecule has 0 heterocycles. The minimum Gasteiger partial charge on any atom is -0.383 e. The van der Waals surface area contributed by atoms with Gasteiger partial charge in [-0.3, -0.25) is 0 Å². The number of benzene rings is 1. The van der Waals surface area contributed by atoms with Gasteiger partial charge in [0.15, 0.2) is 6.29 Å². The molecule has 0 aromatic heterocycles. The molecule has 18 heavy (non-hydrogen) atoms. The molecule has 0 aliphatic rings. The quantitative estimate of drug-likeness (QED) is 0.673. The van der Waals surface area contributed by atoms with E-state index >= 15 is 0 Å². The zero-order valence-electron chi connectivity index (χ0n) is 9.66. The summed E-state index contributed by atoms with van der Waals surface area (Å²) < 4.78 is 59.7. The van der Waals surface area contributed by atoms with Crippen LogP contribution in [0.15, 0.2) is 18.2 Å². The van der Waals surface area contributed by atoms with Crippen molar-refractivity contribution in [1.29, 1.82) is 0 Å². The number of aliphatic hydroxyl groups is 1. The van der Waals surface area contributed by atoms with Crippen LogP contribution in [0.4, 0.5) is 17.6 Å². The Morgan fingerprint density at radius 2 is 1.72 bits per heavy atom. The summed E-state index contributed by atoms with van der Waals surface area (Å²) in [5.74, 6) is -1.45. The molecule has 3 nitrogen and oxygen atoms in total. The first-order valence-corrected chi connectivity index (χ1v) is 4.91. The Labute approximate surface area is 101 Å². The van der Waals surface area contributed by atoms with Gasteiger partial charge in [-0.05, 0) is 17.7 Å². The van der Waals surface area contributed by atoms with Crippen molar-refractivity contribution >= 4 is 0 Å². The van der Waals surface area contributed by atoms with Crippen LogP contribution in [-0.2, 0) is 15.7 Å². The Kier molecular flexibility index (Phi) is 4.66. The van der Waals surface area contributed by atoms with E-state index in [1.807, 2.05) is 0 Å². The number of aliphatic hydroxyl groups excluding tert-OH is 1. The highest BCUT2D eigenvalue weighted by Gasteiger charge is 2.34. The Bertz CT molecular complexity index is 402. The van der Waals surface area contributed by atoms with Crippen LogP contribution < -0.4 is 0 Å². The molecule has 1 atom stereocenters. The van der Waals surface area contributed by atoms with Crippen molar-refractivity contribution in [2.45, 2.75) is 18.6 Å². The van der Waals surface area contributed by atoms with Gasteiger partial charge in [0.2, 0.25) is 0 Å². The van der Waals surface area contributed by atoms with Crippen LogP contribution in [0.25, 0.3) is 0 Å². The monoisotopic (exact) mass is 268 g/mol. The van der Waals surface area contributed by atoms with Gasteiger partial charge in [-0.15, -0.1) is 0 Å². The zero-order chi connectivity index (χ0) is 13.9. The van der Waals surface area contributed by atoms with E-state index < -0.39 is 30.0 Å². The highest BCUT2D eigenvalue weighted by Crippen LogP contribution is 2.33. The van der Waals surface area contributed by atoms with Gasteiger partial charge < -0.3 is 14.6 Å². The standard InChI is InChI=1S/C11H12F4O3/c1-17-10(18-2)9(16)6-3-4-7(8(12)5-6)11(13,14)15/h3-5,9-10,16H,1-2H3. The predicted octanol–water partition coefficient (Wildman–Crippen LogP) is 2.50. The summed E-state index contributed by atoms with van der Waals surface area (Å²) in [7, 11) is 2.50. The van der Waals surface area contributed by atoms with E-state index in [2.05, 4.69) is 0 Å². The molecule has 0 bridgehead atoms. The SMILES string of the molecule is COC(OC)C(O)c1ccc(C(F)(F)F)c(F)c1. The highest BCUT2D eigenvalue weighted by atomic mass is 19.4. The van der Waals surface area contributed by atoms with E-state index in [0.29, 0.717) is 12.1 Å². The molecule has 7 heteroatoms. The van der Waals surface area contributed by atoms with Crippen LogP contribution in [-0.4, -0.2) is 25.6 Å². The molecule has 0 radical (unpaired) electrons. The van der Waals surface area contributed by atoms with Gasteiger partial charge in [-0.2, -0.15) is 13.2 Å². The Morgan fingerprint density at radius 3 is 2.11 bits per heavy atom. The second-order valence-corrected chi connectivity index (χ2v) is 3.52. The lowest BCUT2D eigenvalue weighted by Crippen LogP contribution is -2.23. The molecule has 0 saturated carbocycles. The lowest BCUT2D eigenvalue weighted by Gasteiger charge is -2.20. The van der Waals surface area contributed by atoms with E-state index in [9.17, 15) is 22.7 Å². The molecule has 102 valence electrons. The first-order chi connectivity index (χ1) is 8.31. The Balaban J connectivity index is 3.04. The van der Waals surface area contributed by atoms with Crippen molar-refractivity contribution in [2.24, 2.45) is 0 Å². The van der Waals surface area contributed by atoms with Crippen LogP contribution in [0.1, 0.15) is 17.2 Å². The third-order valence-electron chi connectivity index (χ3n) is 2.36. The third-order valence-corrected chi connectivity index (χ3v) is 2.36. The van der Waals surface area contributed by atoms with Crippen molar-refractivity contribution in [3.05, 3.63) is 35.1 Å². The molecule has 1 rings (SSSR count). The zero-order valence-corrected chi connectivity index (χ0v) is 9.66. The first kappa shape index (κ1) is 14.9. The van der Waals surface area contributed by atoms with Crippen molar-refractivity contribution in [2.75, 3.05) is 14.2 Å². The van der Waals surface area contributed by atoms with Crippen LogP contribution in [0.5, 0.6) is 0 Å². The van der Waals surface area contributed by atoms with Crippen molar-refractivity contribution in [1.82, 2.24) is 0 Å². The smallest absolute Gasteiger partial charge is 0.383 e. The summed E-state index contributed by atoms with van der Waals surface area (Å²) in [4.78, 5) is 0. The minimum absolute atomic E-state index is 0.0609. The molecule has 0 aliphatic carbocycles. The first-order valence-electron chi connectivity index (χ1n) is 4.91. The van der Waals surface area contributed by atoms with E-state index in [4.69, 9.17) is 9.47 Å². The fourth-order valence-corrected chi connectivity index (χ4v) is 1.46. The average molecular weight is 268 g/mol. The number of alkyl halides is 3. The van der Waals surface area contributed by atoms with Gasteiger partial charge >= 0.3 is 6.18 Å². The fraction of sp³-hybridized carbons (Fsp3) is 0.455. The number of ether oxygens (including phenoxy) is 2. The lowest BCUT2D eigenvalue weighted by atomic mass is 10.1. The second-order valence-electron chi connectivity index (χ2n) is 3.52. The summed E-state index contributed by atoms with van der Waals surface area (Å²) in [6, 6.07) is 2.15. The summed E-state index contributed by atoms with van der Waals surface area (Å²) in [5, 5.41) is 9.70. The maximum Gasteiger partial charge on any atom is 0.419 e. The fourth-order valence-electron chi connectivity index (χ4n) is 1.46. The summed E-state index contributed by atoms with van der Waals surface area (Å²) in [6.45, 7) is 0. The molecular weight excluding hydrogens is 256 g/mol. The maximum absolute atomic E-state index is 13.3. The van der Waals surface area contributed by atoms with Gasteiger partial charge in [-0.1, -0.05) is 6.07 Å². The maximum atomic E-state index is 13.3. The largest absolute Gasteiger partial charge is 0.419 e. The normalized spacial score (nSPS) is 14.0. The molecule has 0 aliphatic heterocycles. The number of hydrogen-bond donors (Lipinski definition) is 1. The van der Waals surface area contributed by atoms with Crippen LogP contribution in [0, 0.1) is 5.82 Å². The number of rotatable bonds is 4. The number of halogens is 4. The second kappa shape index (κ2) is 5.64. The van der Waals surface area contributed by atoms with Crippen LogP contribution in [0.2, 0.25) is 0 Å². The number of hydrogen-bond acceptors (Lipinski definition) is 3. The lowest BCUT2D eigenvalue weighted by molar-refractivity contribution is -0.166. The summed E-state index contributed by atoms with van der Waals surface area (Å²) >= 11 is 0. The molecule has 0 fully saturated rings. The minimum atomic E-state index is -4.77. The van der Waals surface area contributed by atoms with Crippen molar-refractivity contribution < 1.29 is 32.1 Å². The number of methoxy groups -OCH3 is 2. The van der Waals surface area contributed by atoms with Gasteiger partial charge in [0.1, 0.15) is 11.9 Å². The Morgan fingerprint density at radius 1 is 1.17 bits per heavy atom. The Hall–Kier alpha value is -1.18. The van der Waals surface area contributed by atoms with Gasteiger partial charge in [-0.25, -0.2) is 4.39 Å². The predicted molar refractivity (Wildman–Crippen MR) is 54.2 cm³/mol. The van der Waals surface area contributed by atoms with Crippen LogP contribution in [0.3, 0.4) is 0 Å². The molecule has 0 saturated heterocycles. The molecule has 1 unspecified atom stereocenters. The summed E-state index contributed by atoms with van der Waals surface area (Å²) in [5.41, 5.74) is -1.45. The molecule has 1 aromatic rings. The van der Waals surface area contributed by atoms with E-state index in [1.165, 1.54) is 14.2 Å². The molecule has 1 aromatic carbocycles. The van der Waals surface area contributed by atoms with Crippen molar-refractivity contribution in [3.8, 4) is 0 Å². The third kappa shape index (κ3) is 3.18. The summed E-state index contributed by atoms with van der Waals surface area (Å²) in [6.07, 6.45) is -7.23. The molecule has 0 amide bonds. The van der Waals surface area contributed by atoms with E-state index in [1.54, 1.807) is 0 Å². The van der Waals surface area contributed by atoms with Gasteiger partial charge in [0, 0.05) is 14.2 Å². The van der Waals surface area contributed by atoms with Gasteiger partial charge in [0.05, 0.1) is 5.56 Å². The van der Waals surface area contributed by atoms with Crippen LogP contribution >= 0.6 is 0 Å². The molecule has 1 N–H and O–H groups in total. The average Bonchev–Trinajstić information content (AvgIpc) is 2.28. The highest BCUT2D eigenvalue weighted by molar-refractivity contribution is 5.28.